The molecule has 0 aliphatic rings. The lowest BCUT2D eigenvalue weighted by Gasteiger charge is -2.20. The number of nitrogens with zero attached hydrogens (tertiary/aromatic N) is 3. The third-order valence-corrected chi connectivity index (χ3v) is 5.60. The lowest BCUT2D eigenvalue weighted by molar-refractivity contribution is 0.0781. The minimum atomic E-state index is -0.507. The van der Waals surface area contributed by atoms with E-state index in [2.05, 4.69) is 5.10 Å². The van der Waals surface area contributed by atoms with Crippen molar-refractivity contribution in [1.29, 1.82) is 0 Å². The Kier molecular flexibility index (Phi) is 6.23. The van der Waals surface area contributed by atoms with Crippen molar-refractivity contribution in [2.75, 3.05) is 14.2 Å². The number of aromatic hydroxyl groups is 2. The lowest BCUT2D eigenvalue weighted by Crippen LogP contribution is -2.26. The molecule has 4 rings (SSSR count). The quantitative estimate of drug-likeness (QED) is 0.435. The number of hydrogen-bond acceptors (Lipinski definition) is 5. The van der Waals surface area contributed by atoms with Crippen LogP contribution in [0.25, 0.3) is 16.9 Å². The number of ether oxygens (including phenoxy) is 1. The summed E-state index contributed by atoms with van der Waals surface area (Å²) >= 11 is 0. The predicted octanol–water partition coefficient (Wildman–Crippen LogP) is 4.68. The van der Waals surface area contributed by atoms with E-state index in [1.165, 1.54) is 43.3 Å². The van der Waals surface area contributed by atoms with Gasteiger partial charge in [0.05, 0.1) is 30.3 Å². The van der Waals surface area contributed by atoms with Gasteiger partial charge in [0.25, 0.3) is 5.91 Å². The fraction of sp³-hybridized carbons (Fsp3) is 0.154. The molecule has 0 unspecified atom stereocenters. The molecule has 0 spiro atoms. The number of aryl methyl sites for hydroxylation is 1. The lowest BCUT2D eigenvalue weighted by atomic mass is 10.0. The number of rotatable bonds is 6. The van der Waals surface area contributed by atoms with E-state index in [0.29, 0.717) is 22.6 Å². The normalized spacial score (nSPS) is 10.8. The van der Waals surface area contributed by atoms with Crippen LogP contribution in [0.1, 0.15) is 21.5 Å². The zero-order chi connectivity index (χ0) is 24.4. The third kappa shape index (κ3) is 4.30. The van der Waals surface area contributed by atoms with Gasteiger partial charge in [-0.15, -0.1) is 0 Å². The molecule has 1 amide bonds. The number of para-hydroxylation sites is 1. The van der Waals surface area contributed by atoms with Gasteiger partial charge in [0.2, 0.25) is 0 Å². The van der Waals surface area contributed by atoms with E-state index in [1.54, 1.807) is 16.9 Å². The molecule has 34 heavy (non-hydrogen) atoms. The van der Waals surface area contributed by atoms with Crippen molar-refractivity contribution < 1.29 is 24.1 Å². The fourth-order valence-corrected chi connectivity index (χ4v) is 3.86. The highest BCUT2D eigenvalue weighted by molar-refractivity contribution is 5.98. The summed E-state index contributed by atoms with van der Waals surface area (Å²) < 4.78 is 20.7. The number of amides is 1. The molecule has 174 valence electrons. The molecule has 0 aliphatic carbocycles. The first-order valence-electron chi connectivity index (χ1n) is 10.5. The van der Waals surface area contributed by atoms with Gasteiger partial charge in [-0.1, -0.05) is 18.2 Å². The standard InChI is InChI=1S/C26H24FN3O4/c1-16-6-4-5-7-21(16)30-22(10-11-28-30)19-13-20(24(32)14-23(19)31)26(33)29(2)15-17-12-18(27)8-9-25(17)34-3/h4-14,31-32H,15H2,1-3H3. The minimum absolute atomic E-state index is 0.0109. The van der Waals surface area contributed by atoms with Crippen molar-refractivity contribution in [3.63, 3.8) is 0 Å². The molecule has 4 aromatic rings. The summed E-state index contributed by atoms with van der Waals surface area (Å²) in [6.07, 6.45) is 1.60. The molecular formula is C26H24FN3O4. The van der Waals surface area contributed by atoms with Crippen LogP contribution in [0.3, 0.4) is 0 Å². The number of phenolic OH excluding ortho intramolecular Hbond substituents is 2. The zero-order valence-electron chi connectivity index (χ0n) is 19.0. The molecule has 2 N–H and O–H groups in total. The molecule has 1 heterocycles. The number of halogens is 1. The number of methoxy groups -OCH3 is 1. The average Bonchev–Trinajstić information content (AvgIpc) is 3.28. The number of aromatic nitrogens is 2. The van der Waals surface area contributed by atoms with Crippen molar-refractivity contribution >= 4 is 5.91 Å². The molecular weight excluding hydrogens is 437 g/mol. The van der Waals surface area contributed by atoms with Crippen LogP contribution in [0.15, 0.2) is 66.9 Å². The van der Waals surface area contributed by atoms with E-state index < -0.39 is 11.7 Å². The maximum Gasteiger partial charge on any atom is 0.257 e. The molecule has 0 bridgehead atoms. The van der Waals surface area contributed by atoms with Crippen molar-refractivity contribution in [1.82, 2.24) is 14.7 Å². The van der Waals surface area contributed by atoms with E-state index in [0.717, 1.165) is 17.3 Å². The molecule has 3 aromatic carbocycles. The smallest absolute Gasteiger partial charge is 0.257 e. The monoisotopic (exact) mass is 461 g/mol. The Morgan fingerprint density at radius 3 is 2.59 bits per heavy atom. The zero-order valence-corrected chi connectivity index (χ0v) is 19.0. The summed E-state index contributed by atoms with van der Waals surface area (Å²) in [6, 6.07) is 16.0. The Morgan fingerprint density at radius 1 is 1.09 bits per heavy atom. The van der Waals surface area contributed by atoms with Crippen molar-refractivity contribution in [2.45, 2.75) is 13.5 Å². The van der Waals surface area contributed by atoms with Gasteiger partial charge in [-0.3, -0.25) is 4.79 Å². The van der Waals surface area contributed by atoms with Gasteiger partial charge < -0.3 is 19.8 Å². The summed E-state index contributed by atoms with van der Waals surface area (Å²) in [7, 11) is 3.00. The number of benzene rings is 3. The first-order chi connectivity index (χ1) is 16.3. The van der Waals surface area contributed by atoms with Crippen molar-refractivity contribution in [3.05, 3.63) is 89.4 Å². The first kappa shape index (κ1) is 22.8. The van der Waals surface area contributed by atoms with Gasteiger partial charge in [-0.05, 0) is 48.9 Å². The van der Waals surface area contributed by atoms with E-state index in [-0.39, 0.29) is 23.6 Å². The number of hydrogen-bond donors (Lipinski definition) is 2. The Morgan fingerprint density at radius 2 is 1.85 bits per heavy atom. The van der Waals surface area contributed by atoms with E-state index in [9.17, 15) is 19.4 Å². The molecule has 1 aromatic heterocycles. The third-order valence-electron chi connectivity index (χ3n) is 5.60. The van der Waals surface area contributed by atoms with Crippen LogP contribution in [0.4, 0.5) is 4.39 Å². The topological polar surface area (TPSA) is 87.8 Å². The van der Waals surface area contributed by atoms with Crippen LogP contribution >= 0.6 is 0 Å². The highest BCUT2D eigenvalue weighted by Gasteiger charge is 2.22. The van der Waals surface area contributed by atoms with Crippen LogP contribution in [0, 0.1) is 12.7 Å². The van der Waals surface area contributed by atoms with Crippen LogP contribution in [0.2, 0.25) is 0 Å². The Bertz CT molecular complexity index is 1370. The molecule has 0 saturated heterocycles. The maximum absolute atomic E-state index is 13.7. The van der Waals surface area contributed by atoms with Gasteiger partial charge in [-0.25, -0.2) is 9.07 Å². The van der Waals surface area contributed by atoms with E-state index >= 15 is 0 Å². The first-order valence-corrected chi connectivity index (χ1v) is 10.5. The molecule has 0 saturated carbocycles. The Balaban J connectivity index is 1.71. The molecule has 8 heteroatoms. The fourth-order valence-electron chi connectivity index (χ4n) is 3.86. The summed E-state index contributed by atoms with van der Waals surface area (Å²) in [6.45, 7) is 2.00. The second kappa shape index (κ2) is 9.27. The van der Waals surface area contributed by atoms with Crippen molar-refractivity contribution in [3.8, 4) is 34.2 Å². The van der Waals surface area contributed by atoms with Crippen LogP contribution < -0.4 is 4.74 Å². The summed E-state index contributed by atoms with van der Waals surface area (Å²) in [5.74, 6) is -1.08. The predicted molar refractivity (Wildman–Crippen MR) is 126 cm³/mol. The summed E-state index contributed by atoms with van der Waals surface area (Å²) in [4.78, 5) is 14.6. The Hall–Kier alpha value is -4.33. The molecule has 0 fully saturated rings. The number of phenols is 2. The molecule has 0 radical (unpaired) electrons. The number of carbonyl (C=O) groups is 1. The van der Waals surface area contributed by atoms with Gasteiger partial charge in [0.1, 0.15) is 23.1 Å². The van der Waals surface area contributed by atoms with Gasteiger partial charge in [0.15, 0.2) is 0 Å². The van der Waals surface area contributed by atoms with Crippen LogP contribution in [-0.2, 0) is 6.54 Å². The SMILES string of the molecule is COc1ccc(F)cc1CN(C)C(=O)c1cc(-c2ccnn2-c2ccccc2C)c(O)cc1O. The highest BCUT2D eigenvalue weighted by Crippen LogP contribution is 2.36. The summed E-state index contributed by atoms with van der Waals surface area (Å²) in [5.41, 5.74) is 3.15. The summed E-state index contributed by atoms with van der Waals surface area (Å²) in [5, 5.41) is 25.4. The van der Waals surface area contributed by atoms with E-state index in [1.807, 2.05) is 31.2 Å². The minimum Gasteiger partial charge on any atom is -0.507 e. The van der Waals surface area contributed by atoms with Gasteiger partial charge in [0, 0.05) is 30.8 Å². The molecule has 0 atom stereocenters. The maximum atomic E-state index is 13.7. The van der Waals surface area contributed by atoms with Crippen LogP contribution in [-0.4, -0.2) is 45.0 Å². The van der Waals surface area contributed by atoms with Crippen LogP contribution in [0.5, 0.6) is 17.2 Å². The highest BCUT2D eigenvalue weighted by atomic mass is 19.1. The van der Waals surface area contributed by atoms with E-state index in [4.69, 9.17) is 4.74 Å². The van der Waals surface area contributed by atoms with Crippen molar-refractivity contribution in [2.24, 2.45) is 0 Å². The second-order valence-electron chi connectivity index (χ2n) is 7.92. The molecule has 0 aliphatic heterocycles. The average molecular weight is 461 g/mol. The largest absolute Gasteiger partial charge is 0.507 e. The Labute approximate surface area is 196 Å². The number of carbonyl (C=O) groups excluding carboxylic acids is 1. The van der Waals surface area contributed by atoms with Gasteiger partial charge in [-0.2, -0.15) is 5.10 Å². The second-order valence-corrected chi connectivity index (χ2v) is 7.92. The van der Waals surface area contributed by atoms with Gasteiger partial charge >= 0.3 is 0 Å². The molecule has 7 nitrogen and oxygen atoms in total.